The van der Waals surface area contributed by atoms with Gasteiger partial charge < -0.3 is 4.42 Å². The van der Waals surface area contributed by atoms with Crippen molar-refractivity contribution < 1.29 is 4.42 Å². The van der Waals surface area contributed by atoms with Crippen molar-refractivity contribution in [2.45, 2.75) is 4.90 Å². The van der Waals surface area contributed by atoms with Gasteiger partial charge in [0.25, 0.3) is 0 Å². The minimum absolute atomic E-state index is 0.109. The Morgan fingerprint density at radius 2 is 2.07 bits per heavy atom. The molecule has 2 rings (SSSR count). The van der Waals surface area contributed by atoms with Gasteiger partial charge in [0.05, 0.1) is 0 Å². The van der Waals surface area contributed by atoms with E-state index in [9.17, 15) is 4.79 Å². The fourth-order valence-electron chi connectivity index (χ4n) is 1.32. The smallest absolute Gasteiger partial charge is 0.356 e. The molecule has 0 fully saturated rings. The molecule has 0 saturated heterocycles. The first-order valence-corrected chi connectivity index (χ1v) is 6.07. The number of hydrogen-bond donors (Lipinski definition) is 0. The summed E-state index contributed by atoms with van der Waals surface area (Å²) < 4.78 is 5.03. The average molecular weight is 261 g/mol. The fourth-order valence-corrected chi connectivity index (χ4v) is 2.51. The lowest BCUT2D eigenvalue weighted by Gasteiger charge is -2.04. The average Bonchev–Trinajstić information content (AvgIpc) is 2.21. The monoisotopic (exact) mass is 260 g/mol. The Bertz CT molecular complexity index is 577. The largest absolute Gasteiger partial charge is 0.422 e. The summed E-state index contributed by atoms with van der Waals surface area (Å²) >= 11 is 13.1. The van der Waals surface area contributed by atoms with Crippen LogP contribution in [0.4, 0.5) is 0 Å². The Labute approximate surface area is 100 Å². The fraction of sp³-hybridized carbons (Fsp3) is 0.100. The highest BCUT2D eigenvalue weighted by atomic mass is 35.5. The first kappa shape index (κ1) is 10.9. The molecular weight excluding hydrogens is 255 g/mol. The summed E-state index contributed by atoms with van der Waals surface area (Å²) in [5.41, 5.74) is -0.0195. The summed E-state index contributed by atoms with van der Waals surface area (Å²) in [5.74, 6) is 0. The van der Waals surface area contributed by atoms with E-state index in [1.54, 1.807) is 18.2 Å². The second kappa shape index (κ2) is 4.08. The summed E-state index contributed by atoms with van der Waals surface area (Å²) in [5, 5.41) is 1.46. The lowest BCUT2D eigenvalue weighted by atomic mass is 10.2. The van der Waals surface area contributed by atoms with Crippen LogP contribution < -0.4 is 5.63 Å². The molecule has 2 aromatic rings. The second-order valence-electron chi connectivity index (χ2n) is 2.88. The third-order valence-electron chi connectivity index (χ3n) is 1.97. The van der Waals surface area contributed by atoms with E-state index in [2.05, 4.69) is 0 Å². The van der Waals surface area contributed by atoms with E-state index < -0.39 is 5.63 Å². The predicted molar refractivity (Wildman–Crippen MR) is 64.3 cm³/mol. The van der Waals surface area contributed by atoms with Crippen LogP contribution in [0.1, 0.15) is 0 Å². The molecule has 15 heavy (non-hydrogen) atoms. The molecule has 0 radical (unpaired) electrons. The number of rotatable bonds is 1. The van der Waals surface area contributed by atoms with Gasteiger partial charge in [-0.1, -0.05) is 23.2 Å². The molecule has 0 aliphatic heterocycles. The zero-order valence-electron chi connectivity index (χ0n) is 7.71. The summed E-state index contributed by atoms with van der Waals surface area (Å²) in [6.45, 7) is 0. The van der Waals surface area contributed by atoms with Gasteiger partial charge in [0.1, 0.15) is 10.6 Å². The molecule has 0 spiro atoms. The lowest BCUT2D eigenvalue weighted by Crippen LogP contribution is -2.00. The molecule has 0 bridgehead atoms. The van der Waals surface area contributed by atoms with Crippen LogP contribution in [0, 0.1) is 0 Å². The normalized spacial score (nSPS) is 10.9. The topological polar surface area (TPSA) is 30.2 Å². The van der Waals surface area contributed by atoms with Crippen LogP contribution in [0.25, 0.3) is 11.0 Å². The number of hydrogen-bond acceptors (Lipinski definition) is 3. The van der Waals surface area contributed by atoms with Crippen molar-refractivity contribution in [3.8, 4) is 0 Å². The van der Waals surface area contributed by atoms with Crippen LogP contribution in [-0.4, -0.2) is 6.26 Å². The highest BCUT2D eigenvalue weighted by Gasteiger charge is 2.11. The summed E-state index contributed by atoms with van der Waals surface area (Å²) in [6, 6.07) is 5.07. The summed E-state index contributed by atoms with van der Waals surface area (Å²) in [7, 11) is 0. The van der Waals surface area contributed by atoms with Crippen LogP contribution in [0.3, 0.4) is 0 Å². The molecule has 0 aliphatic rings. The van der Waals surface area contributed by atoms with E-state index in [1.165, 1.54) is 11.8 Å². The Hall–Kier alpha value is -0.640. The first-order chi connectivity index (χ1) is 7.13. The molecule has 2 nitrogen and oxygen atoms in total. The maximum atomic E-state index is 11.4. The maximum absolute atomic E-state index is 11.4. The quantitative estimate of drug-likeness (QED) is 0.577. The van der Waals surface area contributed by atoms with E-state index in [0.29, 0.717) is 15.5 Å². The van der Waals surface area contributed by atoms with Crippen LogP contribution in [0.5, 0.6) is 0 Å². The van der Waals surface area contributed by atoms with E-state index in [1.807, 2.05) is 6.26 Å². The van der Waals surface area contributed by atoms with Crippen molar-refractivity contribution in [2.24, 2.45) is 0 Å². The van der Waals surface area contributed by atoms with Crippen molar-refractivity contribution in [1.82, 2.24) is 0 Å². The minimum Gasteiger partial charge on any atom is -0.422 e. The van der Waals surface area contributed by atoms with E-state index >= 15 is 0 Å². The van der Waals surface area contributed by atoms with E-state index in [0.717, 1.165) is 5.39 Å². The van der Waals surface area contributed by atoms with Gasteiger partial charge in [0, 0.05) is 15.3 Å². The number of thioether (sulfide) groups is 1. The van der Waals surface area contributed by atoms with Gasteiger partial charge in [0.15, 0.2) is 0 Å². The van der Waals surface area contributed by atoms with Gasteiger partial charge in [-0.15, -0.1) is 11.8 Å². The van der Waals surface area contributed by atoms with Gasteiger partial charge in [0.2, 0.25) is 0 Å². The molecule has 0 aliphatic carbocycles. The van der Waals surface area contributed by atoms with E-state index in [-0.39, 0.29) is 5.02 Å². The zero-order valence-corrected chi connectivity index (χ0v) is 10.0. The van der Waals surface area contributed by atoms with Crippen LogP contribution in [-0.2, 0) is 0 Å². The summed E-state index contributed by atoms with van der Waals surface area (Å²) in [4.78, 5) is 12.1. The number of halogens is 2. The zero-order chi connectivity index (χ0) is 11.0. The minimum atomic E-state index is -0.518. The lowest BCUT2D eigenvalue weighted by molar-refractivity contribution is 0.558. The Morgan fingerprint density at radius 3 is 2.73 bits per heavy atom. The van der Waals surface area contributed by atoms with Crippen LogP contribution in [0.15, 0.2) is 32.3 Å². The number of fused-ring (bicyclic) bond motifs is 1. The van der Waals surface area contributed by atoms with Gasteiger partial charge in [-0.25, -0.2) is 4.79 Å². The molecule has 1 aromatic heterocycles. The van der Waals surface area contributed by atoms with Crippen molar-refractivity contribution in [3.05, 3.63) is 38.7 Å². The number of benzene rings is 1. The van der Waals surface area contributed by atoms with Crippen LogP contribution >= 0.6 is 35.0 Å². The standard InChI is InChI=1S/C10H6Cl2O2S/c1-15-9-6-4-5(11)2-3-7(6)14-10(13)8(9)12/h2-4H,1H3. The van der Waals surface area contributed by atoms with Crippen molar-refractivity contribution in [1.29, 1.82) is 0 Å². The van der Waals surface area contributed by atoms with Gasteiger partial charge in [-0.2, -0.15) is 0 Å². The molecule has 1 heterocycles. The maximum Gasteiger partial charge on any atom is 0.356 e. The predicted octanol–water partition coefficient (Wildman–Crippen LogP) is 3.82. The molecule has 78 valence electrons. The van der Waals surface area contributed by atoms with Crippen molar-refractivity contribution >= 4 is 45.9 Å². The molecule has 0 atom stereocenters. The Kier molecular flexibility index (Phi) is 2.96. The highest BCUT2D eigenvalue weighted by Crippen LogP contribution is 2.32. The molecule has 0 unspecified atom stereocenters. The molecule has 0 N–H and O–H groups in total. The molecule has 1 aromatic carbocycles. The Morgan fingerprint density at radius 1 is 1.33 bits per heavy atom. The van der Waals surface area contributed by atoms with Crippen molar-refractivity contribution in [2.75, 3.05) is 6.26 Å². The molecule has 5 heteroatoms. The highest BCUT2D eigenvalue weighted by molar-refractivity contribution is 7.99. The molecule has 0 amide bonds. The SMILES string of the molecule is CSc1c(Cl)c(=O)oc2ccc(Cl)cc12. The van der Waals surface area contributed by atoms with Crippen LogP contribution in [0.2, 0.25) is 10.0 Å². The van der Waals surface area contributed by atoms with Gasteiger partial charge >= 0.3 is 5.63 Å². The van der Waals surface area contributed by atoms with Gasteiger partial charge in [-0.05, 0) is 24.5 Å². The molecule has 0 saturated carbocycles. The van der Waals surface area contributed by atoms with E-state index in [4.69, 9.17) is 27.6 Å². The Balaban J connectivity index is 2.95. The molecular formula is C10H6Cl2O2S. The second-order valence-corrected chi connectivity index (χ2v) is 4.51. The first-order valence-electron chi connectivity index (χ1n) is 4.09. The van der Waals surface area contributed by atoms with Crippen molar-refractivity contribution in [3.63, 3.8) is 0 Å². The third kappa shape index (κ3) is 1.87. The van der Waals surface area contributed by atoms with Gasteiger partial charge in [-0.3, -0.25) is 0 Å². The third-order valence-corrected chi connectivity index (χ3v) is 3.49. The summed E-state index contributed by atoms with van der Waals surface area (Å²) in [6.07, 6.45) is 1.85.